The summed E-state index contributed by atoms with van der Waals surface area (Å²) in [6.45, 7) is 1.08. The summed E-state index contributed by atoms with van der Waals surface area (Å²) in [6.07, 6.45) is 2.98. The SMILES string of the molecule is COc1ccccc1C(=O)NCC(=O)O[C@@H](C)C(=O)N(C)C1(C#N)CCCCC1. The van der Waals surface area contributed by atoms with Crippen molar-refractivity contribution in [1.82, 2.24) is 10.2 Å². The molecule has 0 saturated heterocycles. The lowest BCUT2D eigenvalue weighted by molar-refractivity contribution is -0.160. The van der Waals surface area contributed by atoms with Crippen molar-refractivity contribution in [3.05, 3.63) is 29.8 Å². The number of amides is 2. The molecule has 1 atom stereocenters. The average molecular weight is 401 g/mol. The van der Waals surface area contributed by atoms with E-state index >= 15 is 0 Å². The average Bonchev–Trinajstić information content (AvgIpc) is 2.76. The van der Waals surface area contributed by atoms with Gasteiger partial charge in [0, 0.05) is 7.05 Å². The lowest BCUT2D eigenvalue weighted by Crippen LogP contribution is -2.53. The Bertz CT molecular complexity index is 796. The Morgan fingerprint density at radius 2 is 1.90 bits per heavy atom. The molecule has 1 saturated carbocycles. The molecule has 8 nitrogen and oxygen atoms in total. The lowest BCUT2D eigenvalue weighted by Gasteiger charge is -2.39. The minimum atomic E-state index is -1.05. The van der Waals surface area contributed by atoms with E-state index in [2.05, 4.69) is 11.4 Å². The summed E-state index contributed by atoms with van der Waals surface area (Å²) in [7, 11) is 3.02. The third kappa shape index (κ3) is 5.25. The fourth-order valence-corrected chi connectivity index (χ4v) is 3.51. The van der Waals surface area contributed by atoms with E-state index in [0.29, 0.717) is 24.2 Å². The first-order chi connectivity index (χ1) is 13.8. The van der Waals surface area contributed by atoms with Crippen molar-refractivity contribution in [2.24, 2.45) is 0 Å². The van der Waals surface area contributed by atoms with Crippen LogP contribution < -0.4 is 10.1 Å². The second-order valence-electron chi connectivity index (χ2n) is 7.12. The molecule has 0 aromatic heterocycles. The molecule has 156 valence electrons. The molecule has 2 rings (SSSR count). The van der Waals surface area contributed by atoms with Crippen LogP contribution in [0.3, 0.4) is 0 Å². The van der Waals surface area contributed by atoms with Crippen molar-refractivity contribution in [2.75, 3.05) is 20.7 Å². The molecular weight excluding hydrogens is 374 g/mol. The standard InChI is InChI=1S/C21H27N3O5/c1-15(20(27)24(2)21(14-22)11-7-4-8-12-21)29-18(25)13-23-19(26)16-9-5-6-10-17(16)28-3/h5-6,9-10,15H,4,7-8,11-13H2,1-3H3,(H,23,26)/t15-/m0/s1. The highest BCUT2D eigenvalue weighted by atomic mass is 16.5. The smallest absolute Gasteiger partial charge is 0.326 e. The van der Waals surface area contributed by atoms with Crippen LogP contribution in [0.25, 0.3) is 0 Å². The van der Waals surface area contributed by atoms with Gasteiger partial charge in [-0.1, -0.05) is 31.4 Å². The second kappa shape index (κ2) is 9.92. The molecule has 1 N–H and O–H groups in total. The molecule has 0 heterocycles. The van der Waals surface area contributed by atoms with Crippen molar-refractivity contribution in [2.45, 2.75) is 50.7 Å². The van der Waals surface area contributed by atoms with Gasteiger partial charge in [0.15, 0.2) is 6.10 Å². The summed E-state index contributed by atoms with van der Waals surface area (Å²) in [5.41, 5.74) is -0.562. The van der Waals surface area contributed by atoms with Crippen LogP contribution in [0, 0.1) is 11.3 Å². The van der Waals surface area contributed by atoms with Crippen molar-refractivity contribution in [1.29, 1.82) is 5.26 Å². The number of para-hydroxylation sites is 1. The van der Waals surface area contributed by atoms with Gasteiger partial charge in [-0.05, 0) is 31.9 Å². The van der Waals surface area contributed by atoms with Crippen LogP contribution in [0.2, 0.25) is 0 Å². The van der Waals surface area contributed by atoms with Gasteiger partial charge in [0.05, 0.1) is 18.7 Å². The van der Waals surface area contributed by atoms with Crippen LogP contribution in [-0.2, 0) is 14.3 Å². The number of hydrogen-bond donors (Lipinski definition) is 1. The van der Waals surface area contributed by atoms with Crippen molar-refractivity contribution >= 4 is 17.8 Å². The molecule has 1 aliphatic rings. The number of ether oxygens (including phenoxy) is 2. The van der Waals surface area contributed by atoms with Crippen molar-refractivity contribution in [3.63, 3.8) is 0 Å². The molecule has 8 heteroatoms. The maximum absolute atomic E-state index is 12.7. The van der Waals surface area contributed by atoms with Crippen LogP contribution in [-0.4, -0.2) is 55.0 Å². The van der Waals surface area contributed by atoms with E-state index in [4.69, 9.17) is 9.47 Å². The summed E-state index contributed by atoms with van der Waals surface area (Å²) >= 11 is 0. The predicted octanol–water partition coefficient (Wildman–Crippen LogP) is 2.04. The van der Waals surface area contributed by atoms with Gasteiger partial charge < -0.3 is 19.7 Å². The van der Waals surface area contributed by atoms with E-state index in [0.717, 1.165) is 19.3 Å². The Morgan fingerprint density at radius 1 is 1.24 bits per heavy atom. The fourth-order valence-electron chi connectivity index (χ4n) is 3.51. The van der Waals surface area contributed by atoms with E-state index in [1.807, 2.05) is 0 Å². The first kappa shape index (κ1) is 22.2. The predicted molar refractivity (Wildman–Crippen MR) is 105 cm³/mol. The van der Waals surface area contributed by atoms with Gasteiger partial charge in [-0.25, -0.2) is 0 Å². The highest BCUT2D eigenvalue weighted by molar-refractivity contribution is 5.98. The molecule has 0 radical (unpaired) electrons. The van der Waals surface area contributed by atoms with Gasteiger partial charge in [0.25, 0.3) is 11.8 Å². The molecule has 1 fully saturated rings. The van der Waals surface area contributed by atoms with E-state index in [1.54, 1.807) is 31.3 Å². The van der Waals surface area contributed by atoms with E-state index in [-0.39, 0.29) is 6.54 Å². The minimum Gasteiger partial charge on any atom is -0.496 e. The number of carbonyl (C=O) groups is 3. The van der Waals surface area contributed by atoms with Gasteiger partial charge in [-0.3, -0.25) is 14.4 Å². The third-order valence-corrected chi connectivity index (χ3v) is 5.26. The van der Waals surface area contributed by atoms with Gasteiger partial charge in [0.1, 0.15) is 17.8 Å². The molecule has 2 amide bonds. The topological polar surface area (TPSA) is 109 Å². The number of nitrogens with zero attached hydrogens (tertiary/aromatic N) is 2. The largest absolute Gasteiger partial charge is 0.496 e. The summed E-state index contributed by atoms with van der Waals surface area (Å²) in [6, 6.07) is 8.90. The number of nitriles is 1. The third-order valence-electron chi connectivity index (χ3n) is 5.26. The Morgan fingerprint density at radius 3 is 2.52 bits per heavy atom. The monoisotopic (exact) mass is 401 g/mol. The number of nitrogens with one attached hydrogen (secondary N) is 1. The zero-order valence-corrected chi connectivity index (χ0v) is 17.1. The van der Waals surface area contributed by atoms with Crippen LogP contribution in [0.5, 0.6) is 5.75 Å². The molecule has 1 aromatic rings. The molecule has 0 unspecified atom stereocenters. The Labute approximate surface area is 170 Å². The van der Waals surface area contributed by atoms with Crippen molar-refractivity contribution in [3.8, 4) is 11.8 Å². The summed E-state index contributed by atoms with van der Waals surface area (Å²) in [4.78, 5) is 38.4. The number of carbonyl (C=O) groups excluding carboxylic acids is 3. The van der Waals surface area contributed by atoms with Crippen LogP contribution in [0.1, 0.15) is 49.4 Å². The first-order valence-electron chi connectivity index (χ1n) is 9.64. The van der Waals surface area contributed by atoms with E-state index in [1.165, 1.54) is 18.9 Å². The highest BCUT2D eigenvalue weighted by Gasteiger charge is 2.40. The number of rotatable bonds is 7. The summed E-state index contributed by atoms with van der Waals surface area (Å²) < 4.78 is 10.3. The van der Waals surface area contributed by atoms with Gasteiger partial charge in [-0.2, -0.15) is 5.26 Å². The molecule has 1 aliphatic carbocycles. The number of likely N-dealkylation sites (N-methyl/N-ethyl adjacent to an activating group) is 1. The summed E-state index contributed by atoms with van der Waals surface area (Å²) in [5, 5.41) is 12.1. The zero-order chi connectivity index (χ0) is 21.4. The molecule has 1 aromatic carbocycles. The molecule has 0 bridgehead atoms. The van der Waals surface area contributed by atoms with Crippen molar-refractivity contribution < 1.29 is 23.9 Å². The van der Waals surface area contributed by atoms with Crippen LogP contribution in [0.15, 0.2) is 24.3 Å². The molecular formula is C21H27N3O5. The lowest BCUT2D eigenvalue weighted by atomic mass is 9.81. The van der Waals surface area contributed by atoms with Gasteiger partial charge in [0.2, 0.25) is 0 Å². The maximum Gasteiger partial charge on any atom is 0.326 e. The zero-order valence-electron chi connectivity index (χ0n) is 17.1. The van der Waals surface area contributed by atoms with Gasteiger partial charge in [-0.15, -0.1) is 0 Å². The normalized spacial score (nSPS) is 16.1. The number of hydrogen-bond acceptors (Lipinski definition) is 6. The van der Waals surface area contributed by atoms with Crippen LogP contribution >= 0.6 is 0 Å². The number of benzene rings is 1. The Hall–Kier alpha value is -3.08. The minimum absolute atomic E-state index is 0.292. The first-order valence-corrected chi connectivity index (χ1v) is 9.64. The Balaban J connectivity index is 1.90. The molecule has 0 aliphatic heterocycles. The number of methoxy groups -OCH3 is 1. The van der Waals surface area contributed by atoms with Crippen LogP contribution in [0.4, 0.5) is 0 Å². The fraction of sp³-hybridized carbons (Fsp3) is 0.524. The van der Waals surface area contributed by atoms with Gasteiger partial charge >= 0.3 is 5.97 Å². The quantitative estimate of drug-likeness (QED) is 0.701. The molecule has 0 spiro atoms. The highest BCUT2D eigenvalue weighted by Crippen LogP contribution is 2.32. The second-order valence-corrected chi connectivity index (χ2v) is 7.12. The van der Waals surface area contributed by atoms with E-state index < -0.39 is 29.4 Å². The molecule has 29 heavy (non-hydrogen) atoms. The number of esters is 1. The van der Waals surface area contributed by atoms with E-state index in [9.17, 15) is 19.6 Å². The Kier molecular flexibility index (Phi) is 7.59. The summed E-state index contributed by atoms with van der Waals surface area (Å²) in [5.74, 6) is -1.27. The maximum atomic E-state index is 12.7.